The molecular formula is C19H23NO9. The number of aliphatic hydroxyl groups excluding tert-OH is 1. The number of ether oxygens (including phenoxy) is 4. The summed E-state index contributed by atoms with van der Waals surface area (Å²) in [4.78, 5) is 49.2. The van der Waals surface area contributed by atoms with Gasteiger partial charge in [0.1, 0.15) is 11.8 Å². The summed E-state index contributed by atoms with van der Waals surface area (Å²) in [5, 5.41) is 9.99. The lowest BCUT2D eigenvalue weighted by atomic mass is 9.92. The Morgan fingerprint density at radius 1 is 0.931 bits per heavy atom. The van der Waals surface area contributed by atoms with E-state index in [1.54, 1.807) is 24.3 Å². The average Bonchev–Trinajstić information content (AvgIpc) is 2.65. The number of rotatable bonds is 6. The second-order valence-corrected chi connectivity index (χ2v) is 6.33. The topological polar surface area (TPSA) is 129 Å². The van der Waals surface area contributed by atoms with Crippen molar-refractivity contribution in [2.75, 3.05) is 18.6 Å². The first kappa shape index (κ1) is 22.2. The van der Waals surface area contributed by atoms with Gasteiger partial charge in [0, 0.05) is 26.5 Å². The van der Waals surface area contributed by atoms with Crippen LogP contribution in [-0.4, -0.2) is 67.0 Å². The summed E-state index contributed by atoms with van der Waals surface area (Å²) in [6.07, 6.45) is -4.25. The Morgan fingerprint density at radius 2 is 1.45 bits per heavy atom. The molecule has 1 aromatic carbocycles. The molecule has 2 rings (SSSR count). The van der Waals surface area contributed by atoms with Crippen molar-refractivity contribution in [2.24, 2.45) is 0 Å². The third kappa shape index (κ3) is 5.02. The van der Waals surface area contributed by atoms with Crippen LogP contribution in [0.5, 0.6) is 5.75 Å². The van der Waals surface area contributed by atoms with Crippen LogP contribution in [0.25, 0.3) is 0 Å². The van der Waals surface area contributed by atoms with Gasteiger partial charge in [0.15, 0.2) is 12.2 Å². The summed E-state index contributed by atoms with van der Waals surface area (Å²) in [7, 11) is 1.48. The molecule has 0 bridgehead atoms. The number of benzene rings is 1. The molecule has 29 heavy (non-hydrogen) atoms. The minimum absolute atomic E-state index is 0.338. The summed E-state index contributed by atoms with van der Waals surface area (Å²) in [5.74, 6) is -2.49. The van der Waals surface area contributed by atoms with E-state index in [1.165, 1.54) is 7.11 Å². The summed E-state index contributed by atoms with van der Waals surface area (Å²) in [6.45, 7) is 2.72. The number of aliphatic hydroxyl groups is 1. The maximum Gasteiger partial charge on any atom is 0.303 e. The summed E-state index contributed by atoms with van der Waals surface area (Å²) in [5.41, 5.74) is 0.338. The number of carbonyl (C=O) groups excluding carboxylic acids is 4. The number of nitrogens with zero attached hydrogens (tertiary/aromatic N) is 1. The fourth-order valence-corrected chi connectivity index (χ4v) is 3.18. The molecule has 4 atom stereocenters. The number of methoxy groups -OCH3 is 1. The Hall–Kier alpha value is -3.14. The van der Waals surface area contributed by atoms with Crippen molar-refractivity contribution < 1.29 is 43.2 Å². The SMILES string of the molecule is COc1ccc(N2C(=O)[C@@H](OC(C)=O)[C@H](OC(C)=O)[C@@H](OC(C)=O)[C@H]2CO)cc1. The molecule has 0 radical (unpaired) electrons. The maximum atomic E-state index is 13.2. The number of anilines is 1. The van der Waals surface area contributed by atoms with Crippen LogP contribution in [0.15, 0.2) is 24.3 Å². The molecule has 1 amide bonds. The smallest absolute Gasteiger partial charge is 0.303 e. The molecule has 0 saturated carbocycles. The van der Waals surface area contributed by atoms with Gasteiger partial charge in [-0.15, -0.1) is 0 Å². The van der Waals surface area contributed by atoms with Gasteiger partial charge in [-0.1, -0.05) is 0 Å². The molecule has 10 heteroatoms. The summed E-state index contributed by atoms with van der Waals surface area (Å²) in [6, 6.07) is 5.21. The fourth-order valence-electron chi connectivity index (χ4n) is 3.18. The number of hydrogen-bond donors (Lipinski definition) is 1. The Morgan fingerprint density at radius 3 is 1.90 bits per heavy atom. The quantitative estimate of drug-likeness (QED) is 0.517. The van der Waals surface area contributed by atoms with Gasteiger partial charge in [-0.25, -0.2) is 0 Å². The van der Waals surface area contributed by atoms with E-state index >= 15 is 0 Å². The molecular weight excluding hydrogens is 386 g/mol. The van der Waals surface area contributed by atoms with Gasteiger partial charge in [-0.3, -0.25) is 24.1 Å². The number of piperidine rings is 1. The molecule has 0 unspecified atom stereocenters. The third-order valence-electron chi connectivity index (χ3n) is 4.25. The zero-order valence-electron chi connectivity index (χ0n) is 16.5. The number of amides is 1. The van der Waals surface area contributed by atoms with Crippen LogP contribution in [0.2, 0.25) is 0 Å². The van der Waals surface area contributed by atoms with E-state index in [0.29, 0.717) is 11.4 Å². The van der Waals surface area contributed by atoms with Crippen molar-refractivity contribution in [3.8, 4) is 5.75 Å². The van der Waals surface area contributed by atoms with Crippen LogP contribution < -0.4 is 9.64 Å². The van der Waals surface area contributed by atoms with E-state index < -0.39 is 54.8 Å². The van der Waals surface area contributed by atoms with Gasteiger partial charge in [0.05, 0.1) is 13.7 Å². The van der Waals surface area contributed by atoms with Crippen molar-refractivity contribution >= 4 is 29.5 Å². The van der Waals surface area contributed by atoms with Gasteiger partial charge in [-0.05, 0) is 24.3 Å². The zero-order chi connectivity index (χ0) is 21.7. The van der Waals surface area contributed by atoms with Gasteiger partial charge >= 0.3 is 17.9 Å². The van der Waals surface area contributed by atoms with Gasteiger partial charge in [0.25, 0.3) is 5.91 Å². The lowest BCUT2D eigenvalue weighted by Crippen LogP contribution is -2.68. The number of hydrogen-bond acceptors (Lipinski definition) is 9. The average molecular weight is 409 g/mol. The Bertz CT molecular complexity index is 776. The van der Waals surface area contributed by atoms with Crippen molar-refractivity contribution in [1.82, 2.24) is 0 Å². The summed E-state index contributed by atoms with van der Waals surface area (Å²) < 4.78 is 20.7. The molecule has 10 nitrogen and oxygen atoms in total. The predicted octanol–water partition coefficient (Wildman–Crippen LogP) is 0.198. The molecule has 0 spiro atoms. The van der Waals surface area contributed by atoms with Crippen LogP contribution in [0, 0.1) is 0 Å². The largest absolute Gasteiger partial charge is 0.497 e. The molecule has 0 aromatic heterocycles. The van der Waals surface area contributed by atoms with Crippen molar-refractivity contribution in [1.29, 1.82) is 0 Å². The Kier molecular flexibility index (Phi) is 7.16. The molecule has 1 heterocycles. The highest BCUT2D eigenvalue weighted by Crippen LogP contribution is 2.32. The second kappa shape index (κ2) is 9.37. The third-order valence-corrected chi connectivity index (χ3v) is 4.25. The Labute approximate surface area is 167 Å². The van der Waals surface area contributed by atoms with Crippen molar-refractivity contribution in [2.45, 2.75) is 45.1 Å². The zero-order valence-corrected chi connectivity index (χ0v) is 16.5. The maximum absolute atomic E-state index is 13.2. The molecule has 1 N–H and O–H groups in total. The fraction of sp³-hybridized carbons (Fsp3) is 0.474. The minimum atomic E-state index is -1.56. The lowest BCUT2D eigenvalue weighted by Gasteiger charge is -2.45. The van der Waals surface area contributed by atoms with Crippen LogP contribution >= 0.6 is 0 Å². The number of esters is 3. The van der Waals surface area contributed by atoms with Crippen LogP contribution in [0.1, 0.15) is 20.8 Å². The molecule has 1 aliphatic heterocycles. The molecule has 1 aromatic rings. The van der Waals surface area contributed by atoms with Gasteiger partial charge in [0.2, 0.25) is 6.10 Å². The van der Waals surface area contributed by atoms with E-state index in [4.69, 9.17) is 18.9 Å². The highest BCUT2D eigenvalue weighted by atomic mass is 16.6. The molecule has 0 aliphatic carbocycles. The Balaban J connectivity index is 2.56. The molecule has 1 saturated heterocycles. The first-order valence-corrected chi connectivity index (χ1v) is 8.79. The molecule has 1 aliphatic rings. The highest BCUT2D eigenvalue weighted by Gasteiger charge is 2.54. The van der Waals surface area contributed by atoms with E-state index in [2.05, 4.69) is 0 Å². The molecule has 158 valence electrons. The monoisotopic (exact) mass is 409 g/mol. The second-order valence-electron chi connectivity index (χ2n) is 6.33. The van der Waals surface area contributed by atoms with E-state index in [0.717, 1.165) is 25.7 Å². The van der Waals surface area contributed by atoms with E-state index in [1.807, 2.05) is 0 Å². The minimum Gasteiger partial charge on any atom is -0.497 e. The van der Waals surface area contributed by atoms with Gasteiger partial charge < -0.3 is 24.1 Å². The van der Waals surface area contributed by atoms with E-state index in [9.17, 15) is 24.3 Å². The first-order valence-electron chi connectivity index (χ1n) is 8.79. The number of carbonyl (C=O) groups is 4. The lowest BCUT2D eigenvalue weighted by molar-refractivity contribution is -0.193. The first-order chi connectivity index (χ1) is 13.7. The summed E-state index contributed by atoms with van der Waals surface area (Å²) >= 11 is 0. The van der Waals surface area contributed by atoms with Crippen molar-refractivity contribution in [3.05, 3.63) is 24.3 Å². The predicted molar refractivity (Wildman–Crippen MR) is 98.0 cm³/mol. The van der Waals surface area contributed by atoms with Crippen LogP contribution in [0.3, 0.4) is 0 Å². The highest BCUT2D eigenvalue weighted by molar-refractivity contribution is 6.00. The van der Waals surface area contributed by atoms with Crippen molar-refractivity contribution in [3.63, 3.8) is 0 Å². The standard InChI is InChI=1S/C19H23NO9/c1-10(22)27-16-15(9-21)20(13-5-7-14(26-4)8-6-13)19(25)18(29-12(3)24)17(16)28-11(2)23/h5-8,15-18,21H,9H2,1-4H3/t15-,16+,17-,18+/m1/s1. The van der Waals surface area contributed by atoms with Gasteiger partial charge in [-0.2, -0.15) is 0 Å². The normalized spacial score (nSPS) is 23.9. The van der Waals surface area contributed by atoms with Crippen LogP contribution in [-0.2, 0) is 33.4 Å². The van der Waals surface area contributed by atoms with E-state index in [-0.39, 0.29) is 0 Å². The molecule has 1 fully saturated rings. The van der Waals surface area contributed by atoms with Crippen LogP contribution in [0.4, 0.5) is 5.69 Å².